The number of esters is 1. The van der Waals surface area contributed by atoms with Gasteiger partial charge in [0.15, 0.2) is 0 Å². The van der Waals surface area contributed by atoms with Crippen LogP contribution in [0.15, 0.2) is 49.1 Å². The predicted molar refractivity (Wildman–Crippen MR) is 65.8 cm³/mol. The molecule has 0 N–H and O–H groups in total. The number of carbonyl (C=O) groups excluding carboxylic acids is 1. The molecule has 0 saturated carbocycles. The second kappa shape index (κ2) is 6.62. The quantitative estimate of drug-likeness (QED) is 0.429. The third-order valence-corrected chi connectivity index (χ3v) is 2.03. The molecule has 0 aromatic heterocycles. The third-order valence-electron chi connectivity index (χ3n) is 2.03. The average molecular weight is 216 g/mol. The zero-order valence-corrected chi connectivity index (χ0v) is 9.43. The molecule has 84 valence electrons. The molecular weight excluding hydrogens is 200 g/mol. The Morgan fingerprint density at radius 2 is 2.12 bits per heavy atom. The highest BCUT2D eigenvalue weighted by molar-refractivity contribution is 5.87. The lowest BCUT2D eigenvalue weighted by molar-refractivity contribution is -0.141. The molecule has 0 aliphatic carbocycles. The van der Waals surface area contributed by atoms with Crippen LogP contribution in [0.5, 0.6) is 0 Å². The van der Waals surface area contributed by atoms with E-state index in [9.17, 15) is 4.79 Å². The topological polar surface area (TPSA) is 26.3 Å². The van der Waals surface area contributed by atoms with Crippen LogP contribution < -0.4 is 0 Å². The maximum Gasteiger partial charge on any atom is 0.331 e. The Kier molecular flexibility index (Phi) is 5.06. The SMILES string of the molecule is C=CCC(C)OC(=O)C=Cc1ccccc1. The van der Waals surface area contributed by atoms with Crippen molar-refractivity contribution in [2.24, 2.45) is 0 Å². The summed E-state index contributed by atoms with van der Waals surface area (Å²) in [6.07, 6.45) is 5.47. The van der Waals surface area contributed by atoms with Gasteiger partial charge >= 0.3 is 5.97 Å². The molecule has 1 unspecified atom stereocenters. The van der Waals surface area contributed by atoms with Gasteiger partial charge in [0.05, 0.1) is 0 Å². The van der Waals surface area contributed by atoms with Crippen LogP contribution in [0.25, 0.3) is 6.08 Å². The largest absolute Gasteiger partial charge is 0.459 e. The number of rotatable bonds is 5. The number of hydrogen-bond donors (Lipinski definition) is 0. The van der Waals surface area contributed by atoms with E-state index in [1.165, 1.54) is 6.08 Å². The van der Waals surface area contributed by atoms with Gasteiger partial charge in [0.2, 0.25) is 0 Å². The summed E-state index contributed by atoms with van der Waals surface area (Å²) in [7, 11) is 0. The maximum atomic E-state index is 11.4. The zero-order chi connectivity index (χ0) is 11.8. The number of benzene rings is 1. The molecule has 0 aliphatic rings. The Hall–Kier alpha value is -1.83. The molecule has 1 atom stereocenters. The minimum absolute atomic E-state index is 0.120. The van der Waals surface area contributed by atoms with Crippen molar-refractivity contribution in [1.82, 2.24) is 0 Å². The molecule has 2 nitrogen and oxygen atoms in total. The molecule has 0 aliphatic heterocycles. The van der Waals surface area contributed by atoms with Gasteiger partial charge in [-0.3, -0.25) is 0 Å². The Morgan fingerprint density at radius 3 is 2.75 bits per heavy atom. The van der Waals surface area contributed by atoms with Crippen molar-refractivity contribution >= 4 is 12.0 Å². The van der Waals surface area contributed by atoms with Crippen LogP contribution in [0.1, 0.15) is 18.9 Å². The average Bonchev–Trinajstić information content (AvgIpc) is 2.28. The van der Waals surface area contributed by atoms with E-state index in [-0.39, 0.29) is 12.1 Å². The smallest absolute Gasteiger partial charge is 0.331 e. The normalized spacial score (nSPS) is 12.3. The van der Waals surface area contributed by atoms with Gasteiger partial charge in [0, 0.05) is 12.5 Å². The molecule has 1 aromatic carbocycles. The summed E-state index contributed by atoms with van der Waals surface area (Å²) in [5.41, 5.74) is 0.982. The third kappa shape index (κ3) is 4.60. The van der Waals surface area contributed by atoms with Gasteiger partial charge in [-0.05, 0) is 18.6 Å². The minimum atomic E-state index is -0.321. The van der Waals surface area contributed by atoms with E-state index in [0.29, 0.717) is 6.42 Å². The first-order valence-electron chi connectivity index (χ1n) is 5.27. The van der Waals surface area contributed by atoms with Crippen LogP contribution in [-0.4, -0.2) is 12.1 Å². The molecule has 0 bridgehead atoms. The Bertz CT molecular complexity index is 366. The van der Waals surface area contributed by atoms with Crippen molar-refractivity contribution < 1.29 is 9.53 Å². The van der Waals surface area contributed by atoms with E-state index in [1.54, 1.807) is 12.2 Å². The summed E-state index contributed by atoms with van der Waals surface area (Å²) in [5.74, 6) is -0.321. The summed E-state index contributed by atoms with van der Waals surface area (Å²) in [6.45, 7) is 5.44. The Labute approximate surface area is 96.2 Å². The van der Waals surface area contributed by atoms with Crippen LogP contribution in [0.2, 0.25) is 0 Å². The fourth-order valence-electron chi connectivity index (χ4n) is 1.25. The first-order valence-corrected chi connectivity index (χ1v) is 5.27. The van der Waals surface area contributed by atoms with Crippen molar-refractivity contribution in [3.05, 3.63) is 54.6 Å². The second-order valence-corrected chi connectivity index (χ2v) is 3.52. The molecule has 0 amide bonds. The molecular formula is C14H16O2. The number of ether oxygens (including phenoxy) is 1. The predicted octanol–water partition coefficient (Wildman–Crippen LogP) is 3.21. The number of carbonyl (C=O) groups is 1. The van der Waals surface area contributed by atoms with Crippen molar-refractivity contribution in [2.75, 3.05) is 0 Å². The lowest BCUT2D eigenvalue weighted by Gasteiger charge is -2.08. The van der Waals surface area contributed by atoms with E-state index in [0.717, 1.165) is 5.56 Å². The maximum absolute atomic E-state index is 11.4. The molecule has 0 fully saturated rings. The monoisotopic (exact) mass is 216 g/mol. The summed E-state index contributed by atoms with van der Waals surface area (Å²) in [4.78, 5) is 11.4. The van der Waals surface area contributed by atoms with Crippen LogP contribution in [0.4, 0.5) is 0 Å². The Morgan fingerprint density at radius 1 is 1.44 bits per heavy atom. The van der Waals surface area contributed by atoms with Gasteiger partial charge < -0.3 is 4.74 Å². The van der Waals surface area contributed by atoms with Crippen molar-refractivity contribution in [3.8, 4) is 0 Å². The van der Waals surface area contributed by atoms with Gasteiger partial charge in [0.25, 0.3) is 0 Å². The zero-order valence-electron chi connectivity index (χ0n) is 9.43. The second-order valence-electron chi connectivity index (χ2n) is 3.52. The van der Waals surface area contributed by atoms with Gasteiger partial charge in [-0.2, -0.15) is 0 Å². The molecule has 16 heavy (non-hydrogen) atoms. The highest BCUT2D eigenvalue weighted by atomic mass is 16.5. The first-order chi connectivity index (χ1) is 7.72. The standard InChI is InChI=1S/C14H16O2/c1-3-7-12(2)16-14(15)11-10-13-8-5-4-6-9-13/h3-6,8-12H,1,7H2,2H3. The van der Waals surface area contributed by atoms with Gasteiger partial charge in [-0.25, -0.2) is 4.79 Å². The molecule has 0 heterocycles. The number of hydrogen-bond acceptors (Lipinski definition) is 2. The minimum Gasteiger partial charge on any atom is -0.459 e. The molecule has 2 heteroatoms. The molecule has 0 saturated heterocycles. The van der Waals surface area contributed by atoms with Crippen LogP contribution in [-0.2, 0) is 9.53 Å². The lowest BCUT2D eigenvalue weighted by atomic mass is 10.2. The highest BCUT2D eigenvalue weighted by Gasteiger charge is 2.03. The fraction of sp³-hybridized carbons (Fsp3) is 0.214. The van der Waals surface area contributed by atoms with Crippen LogP contribution in [0.3, 0.4) is 0 Å². The Balaban J connectivity index is 2.45. The van der Waals surface area contributed by atoms with E-state index in [4.69, 9.17) is 4.74 Å². The van der Waals surface area contributed by atoms with Gasteiger partial charge in [0.1, 0.15) is 6.10 Å². The van der Waals surface area contributed by atoms with E-state index < -0.39 is 0 Å². The van der Waals surface area contributed by atoms with Crippen molar-refractivity contribution in [2.45, 2.75) is 19.4 Å². The first kappa shape index (κ1) is 12.2. The molecule has 0 spiro atoms. The van der Waals surface area contributed by atoms with Gasteiger partial charge in [-0.1, -0.05) is 36.4 Å². The summed E-state index contributed by atoms with van der Waals surface area (Å²) >= 11 is 0. The summed E-state index contributed by atoms with van der Waals surface area (Å²) < 4.78 is 5.12. The van der Waals surface area contributed by atoms with E-state index >= 15 is 0 Å². The van der Waals surface area contributed by atoms with E-state index in [1.807, 2.05) is 37.3 Å². The summed E-state index contributed by atoms with van der Waals surface area (Å²) in [5, 5.41) is 0. The molecule has 0 radical (unpaired) electrons. The highest BCUT2D eigenvalue weighted by Crippen LogP contribution is 2.03. The van der Waals surface area contributed by atoms with Crippen molar-refractivity contribution in [3.63, 3.8) is 0 Å². The summed E-state index contributed by atoms with van der Waals surface area (Å²) in [6, 6.07) is 9.63. The van der Waals surface area contributed by atoms with Crippen molar-refractivity contribution in [1.29, 1.82) is 0 Å². The molecule has 1 rings (SSSR count). The van der Waals surface area contributed by atoms with E-state index in [2.05, 4.69) is 6.58 Å². The fourth-order valence-corrected chi connectivity index (χ4v) is 1.25. The van der Waals surface area contributed by atoms with Crippen LogP contribution in [0, 0.1) is 0 Å². The molecule has 1 aromatic rings. The van der Waals surface area contributed by atoms with Crippen LogP contribution >= 0.6 is 0 Å². The van der Waals surface area contributed by atoms with Gasteiger partial charge in [-0.15, -0.1) is 6.58 Å². The lowest BCUT2D eigenvalue weighted by Crippen LogP contribution is -2.11.